The molecule has 1 aromatic rings. The number of carbonyl (C=O) groups is 2. The van der Waals surface area contributed by atoms with Crippen molar-refractivity contribution in [3.8, 4) is 5.75 Å². The van der Waals surface area contributed by atoms with Crippen LogP contribution in [0.3, 0.4) is 0 Å². The quantitative estimate of drug-likeness (QED) is 0.806. The second-order valence-corrected chi connectivity index (χ2v) is 6.29. The molecule has 0 aromatic heterocycles. The number of hydrogen-bond donors (Lipinski definition) is 0. The Kier molecular flexibility index (Phi) is 6.20. The number of nitrogens with zero attached hydrogens (tertiary/aromatic N) is 1. The van der Waals surface area contributed by atoms with Crippen LogP contribution in [0.25, 0.3) is 0 Å². The van der Waals surface area contributed by atoms with E-state index in [-0.39, 0.29) is 23.7 Å². The number of ketones is 1. The van der Waals surface area contributed by atoms with Crippen molar-refractivity contribution in [3.63, 3.8) is 0 Å². The van der Waals surface area contributed by atoms with Crippen molar-refractivity contribution in [1.29, 1.82) is 0 Å². The minimum atomic E-state index is -0.245. The summed E-state index contributed by atoms with van der Waals surface area (Å²) in [7, 11) is 0. The molecule has 1 fully saturated rings. The molecular formula is C19H27NO3. The van der Waals surface area contributed by atoms with Crippen LogP contribution in [-0.4, -0.2) is 35.8 Å². The van der Waals surface area contributed by atoms with Gasteiger partial charge < -0.3 is 9.64 Å². The van der Waals surface area contributed by atoms with Crippen LogP contribution in [0, 0.1) is 0 Å². The Morgan fingerprint density at radius 2 is 1.96 bits per heavy atom. The summed E-state index contributed by atoms with van der Waals surface area (Å²) < 4.78 is 5.58. The van der Waals surface area contributed by atoms with Crippen LogP contribution in [0.2, 0.25) is 0 Å². The molecule has 0 bridgehead atoms. The summed E-state index contributed by atoms with van der Waals surface area (Å²) in [5.74, 6) is 0.727. The molecule has 2 atom stereocenters. The van der Waals surface area contributed by atoms with E-state index in [9.17, 15) is 9.59 Å². The average Bonchev–Trinajstić information content (AvgIpc) is 2.59. The van der Waals surface area contributed by atoms with Crippen LogP contribution < -0.4 is 4.74 Å². The van der Waals surface area contributed by atoms with Gasteiger partial charge in [-0.05, 0) is 57.2 Å². The highest BCUT2D eigenvalue weighted by molar-refractivity contribution is 5.90. The van der Waals surface area contributed by atoms with Crippen LogP contribution in [0.5, 0.6) is 5.75 Å². The molecule has 0 radical (unpaired) electrons. The summed E-state index contributed by atoms with van der Waals surface area (Å²) in [5, 5.41) is 0. The maximum Gasteiger partial charge on any atom is 0.230 e. The first-order valence-electron chi connectivity index (χ1n) is 8.58. The molecule has 1 saturated heterocycles. The second kappa shape index (κ2) is 8.14. The van der Waals surface area contributed by atoms with Crippen LogP contribution in [0.1, 0.15) is 57.9 Å². The molecule has 1 aliphatic heterocycles. The van der Waals surface area contributed by atoms with E-state index in [0.29, 0.717) is 13.2 Å². The molecule has 1 heterocycles. The van der Waals surface area contributed by atoms with Crippen LogP contribution >= 0.6 is 0 Å². The second-order valence-electron chi connectivity index (χ2n) is 6.29. The Bertz CT molecular complexity index is 538. The van der Waals surface area contributed by atoms with Gasteiger partial charge in [0.25, 0.3) is 0 Å². The maximum atomic E-state index is 12.8. The fourth-order valence-corrected chi connectivity index (χ4v) is 3.08. The Morgan fingerprint density at radius 3 is 2.57 bits per heavy atom. The first-order chi connectivity index (χ1) is 11.0. The van der Waals surface area contributed by atoms with E-state index in [1.165, 1.54) is 0 Å². The van der Waals surface area contributed by atoms with E-state index in [1.807, 2.05) is 31.2 Å². The Balaban J connectivity index is 2.07. The first kappa shape index (κ1) is 17.5. The van der Waals surface area contributed by atoms with Crippen molar-refractivity contribution in [2.75, 3.05) is 13.2 Å². The largest absolute Gasteiger partial charge is 0.494 e. The number of amides is 1. The molecule has 2 rings (SSSR count). The van der Waals surface area contributed by atoms with Gasteiger partial charge in [0, 0.05) is 6.54 Å². The zero-order valence-electron chi connectivity index (χ0n) is 14.4. The molecule has 0 spiro atoms. The Morgan fingerprint density at radius 1 is 1.26 bits per heavy atom. The van der Waals surface area contributed by atoms with Gasteiger partial charge in [-0.25, -0.2) is 0 Å². The SMILES string of the molecule is CCCOc1ccc(C(C)C(=O)N2CCCCC2C(C)=O)cc1. The monoisotopic (exact) mass is 317 g/mol. The number of piperidine rings is 1. The van der Waals surface area contributed by atoms with Gasteiger partial charge in [0.05, 0.1) is 18.6 Å². The third-order valence-corrected chi connectivity index (χ3v) is 4.48. The third-order valence-electron chi connectivity index (χ3n) is 4.48. The van der Waals surface area contributed by atoms with Crippen molar-refractivity contribution in [2.24, 2.45) is 0 Å². The minimum Gasteiger partial charge on any atom is -0.494 e. The lowest BCUT2D eigenvalue weighted by atomic mass is 9.94. The standard InChI is InChI=1S/C19H27NO3/c1-4-13-23-17-10-8-16(9-11-17)14(2)19(22)20-12-6-5-7-18(20)15(3)21/h8-11,14,18H,4-7,12-13H2,1-3H3. The number of benzene rings is 1. The van der Waals surface area contributed by atoms with Gasteiger partial charge in [-0.1, -0.05) is 19.1 Å². The predicted octanol–water partition coefficient (Wildman–Crippen LogP) is 3.55. The van der Waals surface area contributed by atoms with Gasteiger partial charge >= 0.3 is 0 Å². The highest BCUT2D eigenvalue weighted by Gasteiger charge is 2.32. The maximum absolute atomic E-state index is 12.8. The number of likely N-dealkylation sites (tertiary alicyclic amines) is 1. The zero-order chi connectivity index (χ0) is 16.8. The van der Waals surface area contributed by atoms with Crippen molar-refractivity contribution >= 4 is 11.7 Å². The van der Waals surface area contributed by atoms with Gasteiger partial charge in [0.2, 0.25) is 5.91 Å². The van der Waals surface area contributed by atoms with Crippen LogP contribution in [0.15, 0.2) is 24.3 Å². The van der Waals surface area contributed by atoms with Crippen molar-refractivity contribution in [1.82, 2.24) is 4.90 Å². The molecule has 1 aromatic carbocycles. The lowest BCUT2D eigenvalue weighted by Crippen LogP contribution is -2.48. The van der Waals surface area contributed by atoms with E-state index < -0.39 is 0 Å². The topological polar surface area (TPSA) is 46.6 Å². The average molecular weight is 317 g/mol. The first-order valence-corrected chi connectivity index (χ1v) is 8.58. The summed E-state index contributed by atoms with van der Waals surface area (Å²) in [5.41, 5.74) is 0.965. The molecule has 0 aliphatic carbocycles. The van der Waals surface area contributed by atoms with Gasteiger partial charge in [-0.3, -0.25) is 9.59 Å². The molecular weight excluding hydrogens is 290 g/mol. The zero-order valence-corrected chi connectivity index (χ0v) is 14.4. The van der Waals surface area contributed by atoms with Crippen molar-refractivity contribution in [2.45, 2.75) is 58.4 Å². The molecule has 0 saturated carbocycles. The van der Waals surface area contributed by atoms with E-state index in [4.69, 9.17) is 4.74 Å². The van der Waals surface area contributed by atoms with Gasteiger partial charge in [0.1, 0.15) is 5.75 Å². The van der Waals surface area contributed by atoms with E-state index in [2.05, 4.69) is 6.92 Å². The van der Waals surface area contributed by atoms with Gasteiger partial charge in [0.15, 0.2) is 5.78 Å². The number of hydrogen-bond acceptors (Lipinski definition) is 3. The number of ether oxygens (including phenoxy) is 1. The molecule has 4 nitrogen and oxygen atoms in total. The van der Waals surface area contributed by atoms with Crippen molar-refractivity contribution in [3.05, 3.63) is 29.8 Å². The van der Waals surface area contributed by atoms with E-state index >= 15 is 0 Å². The number of carbonyl (C=O) groups excluding carboxylic acids is 2. The van der Waals surface area contributed by atoms with Crippen LogP contribution in [-0.2, 0) is 9.59 Å². The molecule has 2 unspecified atom stereocenters. The van der Waals surface area contributed by atoms with Crippen molar-refractivity contribution < 1.29 is 14.3 Å². The normalized spacial score (nSPS) is 19.3. The highest BCUT2D eigenvalue weighted by Crippen LogP contribution is 2.26. The summed E-state index contributed by atoms with van der Waals surface area (Å²) >= 11 is 0. The molecule has 0 N–H and O–H groups in total. The fraction of sp³-hybridized carbons (Fsp3) is 0.579. The summed E-state index contributed by atoms with van der Waals surface area (Å²) in [6, 6.07) is 7.47. The summed E-state index contributed by atoms with van der Waals surface area (Å²) in [6.45, 7) is 6.95. The Hall–Kier alpha value is -1.84. The molecule has 1 amide bonds. The number of Topliss-reactive ketones (excluding diaryl/α,β-unsaturated/α-hetero) is 1. The lowest BCUT2D eigenvalue weighted by molar-refractivity contribution is -0.141. The molecule has 4 heteroatoms. The smallest absolute Gasteiger partial charge is 0.230 e. The van der Waals surface area contributed by atoms with E-state index in [1.54, 1.807) is 11.8 Å². The highest BCUT2D eigenvalue weighted by atomic mass is 16.5. The predicted molar refractivity (Wildman–Crippen MR) is 90.7 cm³/mol. The summed E-state index contributed by atoms with van der Waals surface area (Å²) in [4.78, 5) is 26.4. The summed E-state index contributed by atoms with van der Waals surface area (Å²) in [6.07, 6.45) is 3.76. The third kappa shape index (κ3) is 4.34. The minimum absolute atomic E-state index is 0.0483. The Labute approximate surface area is 138 Å². The fourth-order valence-electron chi connectivity index (χ4n) is 3.08. The van der Waals surface area contributed by atoms with Gasteiger partial charge in [-0.15, -0.1) is 0 Å². The van der Waals surface area contributed by atoms with E-state index in [0.717, 1.165) is 37.0 Å². The molecule has 23 heavy (non-hydrogen) atoms. The lowest BCUT2D eigenvalue weighted by Gasteiger charge is -2.36. The molecule has 126 valence electrons. The number of rotatable bonds is 6. The van der Waals surface area contributed by atoms with Gasteiger partial charge in [-0.2, -0.15) is 0 Å². The van der Waals surface area contributed by atoms with Crippen LogP contribution in [0.4, 0.5) is 0 Å². The molecule has 1 aliphatic rings.